The van der Waals surface area contributed by atoms with Crippen LogP contribution in [0.4, 0.5) is 9.59 Å². The highest BCUT2D eigenvalue weighted by molar-refractivity contribution is 5.56. The van der Waals surface area contributed by atoms with Crippen LogP contribution < -0.4 is 0 Å². The van der Waals surface area contributed by atoms with Crippen LogP contribution in [-0.2, 0) is 14.2 Å². The number of rotatable bonds is 5. The summed E-state index contributed by atoms with van der Waals surface area (Å²) >= 11 is 0. The number of aliphatic hydroxyl groups excluding tert-OH is 1. The Bertz CT molecular complexity index is 168. The molecule has 0 fully saturated rings. The zero-order chi connectivity index (χ0) is 12.1. The molecule has 15 heavy (non-hydrogen) atoms. The van der Waals surface area contributed by atoms with E-state index >= 15 is 0 Å². The van der Waals surface area contributed by atoms with Gasteiger partial charge in [0, 0.05) is 0 Å². The monoisotopic (exact) mass is 226 g/mol. The Morgan fingerprint density at radius 1 is 1.07 bits per heavy atom. The first kappa shape index (κ1) is 15.9. The Labute approximate surface area is 86.0 Å². The third-order valence-corrected chi connectivity index (χ3v) is 0.863. The van der Waals surface area contributed by atoms with Gasteiger partial charge in [0.2, 0.25) is 0 Å². The van der Waals surface area contributed by atoms with Crippen molar-refractivity contribution in [1.29, 1.82) is 0 Å². The van der Waals surface area contributed by atoms with Crippen molar-refractivity contribution < 1.29 is 39.1 Å². The second-order valence-electron chi connectivity index (χ2n) is 1.92. The lowest BCUT2D eigenvalue weighted by atomic mass is 10.7. The number of hydrogen-bond donors (Lipinski definition) is 3. The minimum Gasteiger partial charge on any atom is -0.450 e. The number of hydrogen-bond acceptors (Lipinski definition) is 6. The van der Waals surface area contributed by atoms with Gasteiger partial charge >= 0.3 is 12.3 Å². The summed E-state index contributed by atoms with van der Waals surface area (Å²) in [5.41, 5.74) is 0. The summed E-state index contributed by atoms with van der Waals surface area (Å²) in [5.74, 6) is 0. The van der Waals surface area contributed by atoms with E-state index < -0.39 is 12.3 Å². The predicted octanol–water partition coefficient (Wildman–Crippen LogP) is 0.000700. The van der Waals surface area contributed by atoms with E-state index in [1.807, 2.05) is 0 Å². The summed E-state index contributed by atoms with van der Waals surface area (Å²) in [5, 5.41) is 23.6. The van der Waals surface area contributed by atoms with Crippen molar-refractivity contribution in [1.82, 2.24) is 0 Å². The van der Waals surface area contributed by atoms with Crippen molar-refractivity contribution >= 4 is 12.3 Å². The highest BCUT2D eigenvalue weighted by Gasteiger charge is 1.93. The van der Waals surface area contributed by atoms with Crippen molar-refractivity contribution in [2.75, 3.05) is 33.5 Å². The van der Waals surface area contributed by atoms with Gasteiger partial charge in [0.15, 0.2) is 0 Å². The molecular weight excluding hydrogens is 212 g/mol. The summed E-state index contributed by atoms with van der Waals surface area (Å²) < 4.78 is 12.5. The molecular formula is C7H14O8. The van der Waals surface area contributed by atoms with Crippen molar-refractivity contribution in [3.05, 3.63) is 0 Å². The molecule has 0 aromatic carbocycles. The van der Waals surface area contributed by atoms with E-state index in [2.05, 4.69) is 9.47 Å². The molecule has 0 radical (unpaired) electrons. The van der Waals surface area contributed by atoms with Crippen LogP contribution in [0.5, 0.6) is 0 Å². The molecule has 0 bridgehead atoms. The van der Waals surface area contributed by atoms with Gasteiger partial charge in [0.1, 0.15) is 6.61 Å². The summed E-state index contributed by atoms with van der Waals surface area (Å²) in [6.45, 7) is 0.345. The van der Waals surface area contributed by atoms with E-state index in [0.29, 0.717) is 0 Å². The Kier molecular flexibility index (Phi) is 13.2. The SMILES string of the molecule is COC(=O)O.O=C(O)OCCOCCO. The summed E-state index contributed by atoms with van der Waals surface area (Å²) in [6.07, 6.45) is -2.56. The first-order valence-corrected chi connectivity index (χ1v) is 3.85. The van der Waals surface area contributed by atoms with Gasteiger partial charge in [0.05, 0.1) is 26.9 Å². The van der Waals surface area contributed by atoms with Gasteiger partial charge in [-0.2, -0.15) is 0 Å². The molecule has 0 rings (SSSR count). The Morgan fingerprint density at radius 3 is 1.93 bits per heavy atom. The molecule has 0 aromatic rings. The van der Waals surface area contributed by atoms with Crippen LogP contribution in [0.1, 0.15) is 0 Å². The predicted molar refractivity (Wildman–Crippen MR) is 46.9 cm³/mol. The average Bonchev–Trinajstić information content (AvgIpc) is 2.18. The lowest BCUT2D eigenvalue weighted by Gasteiger charge is -2.00. The van der Waals surface area contributed by atoms with Gasteiger partial charge in [-0.05, 0) is 0 Å². The molecule has 90 valence electrons. The number of aliphatic hydroxyl groups is 1. The molecule has 0 saturated heterocycles. The zero-order valence-electron chi connectivity index (χ0n) is 8.21. The maximum Gasteiger partial charge on any atom is 0.505 e. The van der Waals surface area contributed by atoms with E-state index in [1.165, 1.54) is 0 Å². The number of ether oxygens (including phenoxy) is 3. The molecule has 0 aliphatic carbocycles. The number of carboxylic acid groups (broad SMARTS) is 2. The molecule has 3 N–H and O–H groups in total. The van der Waals surface area contributed by atoms with Gasteiger partial charge in [-0.25, -0.2) is 9.59 Å². The van der Waals surface area contributed by atoms with E-state index in [1.54, 1.807) is 0 Å². The van der Waals surface area contributed by atoms with Crippen LogP contribution in [0, 0.1) is 0 Å². The van der Waals surface area contributed by atoms with Gasteiger partial charge in [-0.3, -0.25) is 0 Å². The number of methoxy groups -OCH3 is 1. The highest BCUT2D eigenvalue weighted by atomic mass is 16.7. The second-order valence-corrected chi connectivity index (χ2v) is 1.92. The maximum absolute atomic E-state index is 9.70. The van der Waals surface area contributed by atoms with Crippen molar-refractivity contribution in [2.24, 2.45) is 0 Å². The highest BCUT2D eigenvalue weighted by Crippen LogP contribution is 1.78. The quantitative estimate of drug-likeness (QED) is 0.442. The molecule has 0 unspecified atom stereocenters. The normalized spacial score (nSPS) is 8.40. The smallest absolute Gasteiger partial charge is 0.450 e. The molecule has 0 aliphatic rings. The fourth-order valence-corrected chi connectivity index (χ4v) is 0.355. The van der Waals surface area contributed by atoms with Crippen molar-refractivity contribution in [3.63, 3.8) is 0 Å². The topological polar surface area (TPSA) is 123 Å². The Balaban J connectivity index is 0. The van der Waals surface area contributed by atoms with Gasteiger partial charge in [-0.15, -0.1) is 0 Å². The van der Waals surface area contributed by atoms with Crippen LogP contribution in [0.15, 0.2) is 0 Å². The van der Waals surface area contributed by atoms with Gasteiger partial charge in [-0.1, -0.05) is 0 Å². The number of carbonyl (C=O) groups is 2. The lowest BCUT2D eigenvalue weighted by Crippen LogP contribution is -2.09. The third kappa shape index (κ3) is 24.5. The Morgan fingerprint density at radius 2 is 1.60 bits per heavy atom. The maximum atomic E-state index is 9.70. The second kappa shape index (κ2) is 12.5. The molecule has 8 nitrogen and oxygen atoms in total. The van der Waals surface area contributed by atoms with E-state index in [-0.39, 0.29) is 26.4 Å². The van der Waals surface area contributed by atoms with Crippen LogP contribution in [0.2, 0.25) is 0 Å². The van der Waals surface area contributed by atoms with Crippen LogP contribution >= 0.6 is 0 Å². The van der Waals surface area contributed by atoms with Gasteiger partial charge in [0.25, 0.3) is 0 Å². The van der Waals surface area contributed by atoms with E-state index in [4.69, 9.17) is 24.9 Å². The van der Waals surface area contributed by atoms with Gasteiger partial charge < -0.3 is 29.5 Å². The Hall–Kier alpha value is -1.54. The molecule has 0 amide bonds. The molecule has 0 heterocycles. The van der Waals surface area contributed by atoms with Crippen molar-refractivity contribution in [3.8, 4) is 0 Å². The summed E-state index contributed by atoms with van der Waals surface area (Å²) in [6, 6.07) is 0. The standard InChI is InChI=1S/C5H10O5.C2H4O3/c6-1-2-9-3-4-10-5(7)8;1-5-2(3)4/h6H,1-4H2,(H,7,8);1H3,(H,3,4). The van der Waals surface area contributed by atoms with Crippen LogP contribution in [-0.4, -0.2) is 61.2 Å². The molecule has 0 aromatic heterocycles. The third-order valence-electron chi connectivity index (χ3n) is 0.863. The molecule has 0 saturated carbocycles. The van der Waals surface area contributed by atoms with E-state index in [0.717, 1.165) is 7.11 Å². The average molecular weight is 226 g/mol. The lowest BCUT2D eigenvalue weighted by molar-refractivity contribution is 0.0363. The minimum atomic E-state index is -1.31. The van der Waals surface area contributed by atoms with E-state index in [9.17, 15) is 4.79 Å². The summed E-state index contributed by atoms with van der Waals surface area (Å²) in [4.78, 5) is 18.9. The molecule has 0 atom stereocenters. The zero-order valence-corrected chi connectivity index (χ0v) is 8.21. The molecule has 0 aliphatic heterocycles. The molecule has 0 spiro atoms. The first-order chi connectivity index (χ1) is 7.04. The van der Waals surface area contributed by atoms with Crippen LogP contribution in [0.3, 0.4) is 0 Å². The fourth-order valence-electron chi connectivity index (χ4n) is 0.355. The van der Waals surface area contributed by atoms with Crippen molar-refractivity contribution in [2.45, 2.75) is 0 Å². The molecule has 8 heteroatoms. The first-order valence-electron chi connectivity index (χ1n) is 3.85. The largest absolute Gasteiger partial charge is 0.505 e. The van der Waals surface area contributed by atoms with Crippen LogP contribution in [0.25, 0.3) is 0 Å². The summed E-state index contributed by atoms with van der Waals surface area (Å²) in [7, 11) is 1.10. The minimum absolute atomic E-state index is 0.00926. The fraction of sp³-hybridized carbons (Fsp3) is 0.714.